The molecule has 1 aliphatic rings. The number of nitrogens with zero attached hydrogens (tertiary/aromatic N) is 2. The Morgan fingerprint density at radius 1 is 1.80 bits per heavy atom. The smallest absolute Gasteiger partial charge is 0.529 e. The van der Waals surface area contributed by atoms with Crippen molar-refractivity contribution >= 4 is 20.2 Å². The van der Waals surface area contributed by atoms with Gasteiger partial charge in [-0.05, 0) is 4.57 Å². The predicted octanol–water partition coefficient (Wildman–Crippen LogP) is -1.95. The van der Waals surface area contributed by atoms with Crippen molar-refractivity contribution in [2.45, 2.75) is 6.42 Å². The summed E-state index contributed by atoms with van der Waals surface area (Å²) < 4.78 is 16.2. The maximum Gasteiger partial charge on any atom is 0.529 e. The standard InChI is InChI=1S/C6H10N3O5P/c7-6-8(2-1-5(10)11)3-4-9(6)14-15(12)13/h7H,1-4H2,(H,10,11)/p+1. The van der Waals surface area contributed by atoms with Gasteiger partial charge in [0.2, 0.25) is 0 Å². The highest BCUT2D eigenvalue weighted by Gasteiger charge is 2.32. The first-order chi connectivity index (χ1) is 7.00. The van der Waals surface area contributed by atoms with Crippen LogP contribution in [0.3, 0.4) is 0 Å². The molecule has 0 amide bonds. The first-order valence-electron chi connectivity index (χ1n) is 4.20. The molecule has 15 heavy (non-hydrogen) atoms. The van der Waals surface area contributed by atoms with Crippen molar-refractivity contribution in [2.24, 2.45) is 5.73 Å². The second kappa shape index (κ2) is 5.01. The molecular formula is C6H11N3O5P+. The minimum absolute atomic E-state index is 0.0575. The van der Waals surface area contributed by atoms with E-state index < -0.39 is 14.2 Å². The highest BCUT2D eigenvalue weighted by molar-refractivity contribution is 7.30. The minimum Gasteiger partial charge on any atom is -0.564 e. The number of carboxylic acids is 1. The largest absolute Gasteiger partial charge is 0.564 e. The maximum absolute atomic E-state index is 10.3. The van der Waals surface area contributed by atoms with Crippen LogP contribution < -0.4 is 10.6 Å². The van der Waals surface area contributed by atoms with Gasteiger partial charge >= 0.3 is 20.2 Å². The summed E-state index contributed by atoms with van der Waals surface area (Å²) in [5.41, 5.74) is 5.54. The Morgan fingerprint density at radius 3 is 3.00 bits per heavy atom. The maximum atomic E-state index is 10.3. The van der Waals surface area contributed by atoms with Crippen molar-refractivity contribution in [3.63, 3.8) is 0 Å². The number of hydrogen-bond donors (Lipinski definition) is 2. The average Bonchev–Trinajstić information content (AvgIpc) is 2.44. The normalized spacial score (nSPS) is 17.1. The van der Waals surface area contributed by atoms with Gasteiger partial charge in [-0.3, -0.25) is 15.1 Å². The molecule has 1 aliphatic heterocycles. The van der Waals surface area contributed by atoms with E-state index in [1.165, 1.54) is 0 Å². The Labute approximate surface area is 86.5 Å². The fourth-order valence-corrected chi connectivity index (χ4v) is 1.54. The summed E-state index contributed by atoms with van der Waals surface area (Å²) in [4.78, 5) is 20.6. The minimum atomic E-state index is -3.00. The van der Waals surface area contributed by atoms with Crippen LogP contribution in [0.1, 0.15) is 6.42 Å². The Bertz CT molecular complexity index is 318. The molecule has 3 N–H and O–H groups in total. The molecule has 0 bridgehead atoms. The van der Waals surface area contributed by atoms with E-state index in [1.807, 2.05) is 0 Å². The van der Waals surface area contributed by atoms with Crippen LogP contribution in [0.25, 0.3) is 0 Å². The van der Waals surface area contributed by atoms with Gasteiger partial charge in [0.15, 0.2) is 0 Å². The lowest BCUT2D eigenvalue weighted by Gasteiger charge is -2.01. The topological polar surface area (TPSA) is 119 Å². The van der Waals surface area contributed by atoms with Gasteiger partial charge in [-0.1, -0.05) is 5.06 Å². The fourth-order valence-electron chi connectivity index (χ4n) is 1.22. The summed E-state index contributed by atoms with van der Waals surface area (Å²) >= 11 is 0. The van der Waals surface area contributed by atoms with E-state index in [0.29, 0.717) is 13.1 Å². The fraction of sp³-hybridized carbons (Fsp3) is 0.667. The Hall–Kier alpha value is -1.24. The van der Waals surface area contributed by atoms with Crippen molar-refractivity contribution < 1.29 is 28.6 Å². The van der Waals surface area contributed by atoms with E-state index in [0.717, 1.165) is 5.06 Å². The van der Waals surface area contributed by atoms with E-state index in [2.05, 4.69) is 4.62 Å². The second-order valence-corrected chi connectivity index (χ2v) is 3.51. The zero-order valence-electron chi connectivity index (χ0n) is 7.83. The van der Waals surface area contributed by atoms with Gasteiger partial charge in [0.05, 0.1) is 13.0 Å². The number of hydroxylamine groups is 2. The molecule has 0 aromatic carbocycles. The average molecular weight is 236 g/mol. The van der Waals surface area contributed by atoms with Gasteiger partial charge in [-0.2, -0.15) is 0 Å². The summed E-state index contributed by atoms with van der Waals surface area (Å²) in [7, 11) is -3.00. The number of carboxylic acid groups (broad SMARTS) is 1. The van der Waals surface area contributed by atoms with Gasteiger partial charge in [-0.25, -0.2) is 0 Å². The van der Waals surface area contributed by atoms with E-state index in [-0.39, 0.29) is 18.9 Å². The van der Waals surface area contributed by atoms with Gasteiger partial charge in [0.1, 0.15) is 13.1 Å². The van der Waals surface area contributed by atoms with Crippen molar-refractivity contribution in [1.29, 1.82) is 0 Å². The molecule has 0 aromatic heterocycles. The number of nitrogens with two attached hydrogens (primary N) is 1. The number of carbonyl (C=O) groups is 1. The van der Waals surface area contributed by atoms with Crippen molar-refractivity contribution in [3.05, 3.63) is 0 Å². The predicted molar refractivity (Wildman–Crippen MR) is 46.8 cm³/mol. The molecule has 1 rings (SSSR count). The molecule has 0 aliphatic carbocycles. The molecule has 0 spiro atoms. The zero-order chi connectivity index (χ0) is 11.4. The van der Waals surface area contributed by atoms with Gasteiger partial charge in [0.25, 0.3) is 0 Å². The van der Waals surface area contributed by atoms with Crippen LogP contribution in [0.5, 0.6) is 0 Å². The first-order valence-corrected chi connectivity index (χ1v) is 5.29. The number of rotatable bonds is 5. The van der Waals surface area contributed by atoms with Gasteiger partial charge in [-0.15, -0.1) is 0 Å². The van der Waals surface area contributed by atoms with Gasteiger partial charge < -0.3 is 10.00 Å². The van der Waals surface area contributed by atoms with Crippen LogP contribution in [-0.2, 0) is 14.0 Å². The molecule has 8 nitrogen and oxygen atoms in total. The summed E-state index contributed by atoms with van der Waals surface area (Å²) in [6.07, 6.45) is -0.0575. The lowest BCUT2D eigenvalue weighted by atomic mass is 10.4. The van der Waals surface area contributed by atoms with E-state index >= 15 is 0 Å². The third-order valence-corrected chi connectivity index (χ3v) is 2.24. The third kappa shape index (κ3) is 3.43. The van der Waals surface area contributed by atoms with Gasteiger partial charge in [0, 0.05) is 4.62 Å². The van der Waals surface area contributed by atoms with Crippen LogP contribution in [0.15, 0.2) is 0 Å². The number of guanidine groups is 1. The molecule has 0 radical (unpaired) electrons. The second-order valence-electron chi connectivity index (χ2n) is 2.90. The van der Waals surface area contributed by atoms with Crippen LogP contribution in [0.4, 0.5) is 0 Å². The summed E-state index contributed by atoms with van der Waals surface area (Å²) in [5, 5.41) is 9.47. The molecular weight excluding hydrogens is 225 g/mol. The van der Waals surface area contributed by atoms with Crippen molar-refractivity contribution in [1.82, 2.24) is 5.06 Å². The number of aliphatic carboxylic acids is 1. The van der Waals surface area contributed by atoms with E-state index in [9.17, 15) is 14.3 Å². The summed E-state index contributed by atoms with van der Waals surface area (Å²) in [5.74, 6) is -0.812. The van der Waals surface area contributed by atoms with E-state index in [1.54, 1.807) is 4.58 Å². The quantitative estimate of drug-likeness (QED) is 0.420. The summed E-state index contributed by atoms with van der Waals surface area (Å²) in [6.45, 7) is 0.980. The SMILES string of the molecule is NC1=[N+](CCC(=O)O)CCN1O[P+](=O)[O-]. The molecule has 0 saturated heterocycles. The van der Waals surface area contributed by atoms with Crippen LogP contribution in [0, 0.1) is 0 Å². The third-order valence-electron chi connectivity index (χ3n) is 1.91. The lowest BCUT2D eigenvalue weighted by molar-refractivity contribution is -0.518. The molecule has 1 unspecified atom stereocenters. The molecule has 9 heteroatoms. The molecule has 1 heterocycles. The van der Waals surface area contributed by atoms with Crippen LogP contribution >= 0.6 is 8.25 Å². The Balaban J connectivity index is 2.54. The lowest BCUT2D eigenvalue weighted by Crippen LogP contribution is -2.36. The molecule has 0 aromatic rings. The van der Waals surface area contributed by atoms with Crippen molar-refractivity contribution in [2.75, 3.05) is 19.6 Å². The molecule has 0 saturated carbocycles. The molecule has 84 valence electrons. The van der Waals surface area contributed by atoms with E-state index in [4.69, 9.17) is 10.8 Å². The highest BCUT2D eigenvalue weighted by Crippen LogP contribution is 2.14. The Kier molecular flexibility index (Phi) is 3.96. The number of hydrogen-bond acceptors (Lipinski definition) is 6. The molecule has 1 atom stereocenters. The van der Waals surface area contributed by atoms with Crippen LogP contribution in [0.2, 0.25) is 0 Å². The summed E-state index contributed by atoms with van der Waals surface area (Å²) in [6, 6.07) is 0. The van der Waals surface area contributed by atoms with Crippen LogP contribution in [-0.4, -0.2) is 46.3 Å². The Morgan fingerprint density at radius 2 is 2.47 bits per heavy atom. The highest BCUT2D eigenvalue weighted by atomic mass is 31.1. The van der Waals surface area contributed by atoms with Crippen molar-refractivity contribution in [3.8, 4) is 0 Å². The molecule has 0 fully saturated rings. The monoisotopic (exact) mass is 236 g/mol. The zero-order valence-corrected chi connectivity index (χ0v) is 8.72. The first kappa shape index (κ1) is 11.8.